The number of piperidine rings is 1. The summed E-state index contributed by atoms with van der Waals surface area (Å²) in [5, 5.41) is 9.31. The molecule has 5 nitrogen and oxygen atoms in total. The second-order valence-corrected chi connectivity index (χ2v) is 6.29. The van der Waals surface area contributed by atoms with Crippen LogP contribution in [0.5, 0.6) is 0 Å². The topological polar surface area (TPSA) is 60.9 Å². The molecule has 1 unspecified atom stereocenters. The Bertz CT molecular complexity index is 601. The first kappa shape index (κ1) is 12.7. The van der Waals surface area contributed by atoms with E-state index in [4.69, 9.17) is 0 Å². The number of carboxylic acid groups (broad SMARTS) is 1. The van der Waals surface area contributed by atoms with Crippen molar-refractivity contribution in [2.24, 2.45) is 0 Å². The van der Waals surface area contributed by atoms with Gasteiger partial charge in [-0.15, -0.1) is 0 Å². The Labute approximate surface area is 123 Å². The van der Waals surface area contributed by atoms with Gasteiger partial charge >= 0.3 is 6.09 Å². The van der Waals surface area contributed by atoms with Crippen LogP contribution in [0.3, 0.4) is 0 Å². The van der Waals surface area contributed by atoms with Crippen LogP contribution in [0.15, 0.2) is 24.3 Å². The molecule has 0 aliphatic carbocycles. The summed E-state index contributed by atoms with van der Waals surface area (Å²) < 4.78 is 0. The zero-order chi connectivity index (χ0) is 14.6. The molecule has 1 aromatic carbocycles. The fraction of sp³-hybridized carbons (Fsp3) is 0.500. The monoisotopic (exact) mass is 286 g/mol. The Hall–Kier alpha value is -2.04. The molecule has 2 amide bonds. The van der Waals surface area contributed by atoms with Crippen LogP contribution in [-0.2, 0) is 6.54 Å². The molecular weight excluding hydrogens is 268 g/mol. The van der Waals surface area contributed by atoms with Gasteiger partial charge in [0.05, 0.1) is 0 Å². The molecule has 5 heteroatoms. The van der Waals surface area contributed by atoms with Gasteiger partial charge in [-0.05, 0) is 37.3 Å². The van der Waals surface area contributed by atoms with E-state index in [1.165, 1.54) is 0 Å². The lowest BCUT2D eigenvalue weighted by Gasteiger charge is -2.40. The van der Waals surface area contributed by atoms with Gasteiger partial charge in [-0.25, -0.2) is 4.79 Å². The van der Waals surface area contributed by atoms with Crippen molar-refractivity contribution in [2.75, 3.05) is 0 Å². The van der Waals surface area contributed by atoms with Gasteiger partial charge in [0.2, 0.25) is 0 Å². The molecule has 0 spiro atoms. The Morgan fingerprint density at radius 2 is 1.76 bits per heavy atom. The van der Waals surface area contributed by atoms with Crippen LogP contribution < -0.4 is 0 Å². The van der Waals surface area contributed by atoms with Gasteiger partial charge in [-0.3, -0.25) is 4.79 Å². The molecule has 0 saturated carbocycles. The first-order chi connectivity index (χ1) is 10.1. The van der Waals surface area contributed by atoms with E-state index in [2.05, 4.69) is 0 Å². The molecule has 3 heterocycles. The van der Waals surface area contributed by atoms with Gasteiger partial charge in [-0.2, -0.15) is 0 Å². The lowest BCUT2D eigenvalue weighted by atomic mass is 9.96. The first-order valence-corrected chi connectivity index (χ1v) is 7.55. The lowest BCUT2D eigenvalue weighted by molar-refractivity contribution is 0.0451. The summed E-state index contributed by atoms with van der Waals surface area (Å²) in [6.45, 7) is 0.673. The smallest absolute Gasteiger partial charge is 0.407 e. The summed E-state index contributed by atoms with van der Waals surface area (Å²) >= 11 is 0. The number of amides is 2. The summed E-state index contributed by atoms with van der Waals surface area (Å²) in [4.78, 5) is 27.4. The number of rotatable bonds is 1. The molecule has 3 aliphatic rings. The number of hydrogen-bond donors (Lipinski definition) is 1. The number of hydrogen-bond acceptors (Lipinski definition) is 2. The van der Waals surface area contributed by atoms with Gasteiger partial charge < -0.3 is 14.9 Å². The van der Waals surface area contributed by atoms with E-state index in [0.717, 1.165) is 36.8 Å². The largest absolute Gasteiger partial charge is 0.465 e. The maximum Gasteiger partial charge on any atom is 0.407 e. The highest BCUT2D eigenvalue weighted by Crippen LogP contribution is 2.39. The Morgan fingerprint density at radius 3 is 2.38 bits per heavy atom. The second-order valence-electron chi connectivity index (χ2n) is 6.29. The predicted molar refractivity (Wildman–Crippen MR) is 76.0 cm³/mol. The number of fused-ring (bicyclic) bond motifs is 3. The van der Waals surface area contributed by atoms with Gasteiger partial charge in [0.15, 0.2) is 0 Å². The highest BCUT2D eigenvalue weighted by molar-refractivity contribution is 5.98. The van der Waals surface area contributed by atoms with Crippen molar-refractivity contribution in [3.05, 3.63) is 35.4 Å². The van der Waals surface area contributed by atoms with Crippen molar-refractivity contribution in [2.45, 2.75) is 50.4 Å². The second kappa shape index (κ2) is 4.48. The molecule has 0 radical (unpaired) electrons. The van der Waals surface area contributed by atoms with E-state index in [9.17, 15) is 14.7 Å². The van der Waals surface area contributed by atoms with Crippen molar-refractivity contribution in [1.29, 1.82) is 0 Å². The summed E-state index contributed by atoms with van der Waals surface area (Å²) in [5.41, 5.74) is 1.90. The molecule has 0 aromatic heterocycles. The van der Waals surface area contributed by atoms with Crippen LogP contribution in [0.4, 0.5) is 4.79 Å². The fourth-order valence-electron chi connectivity index (χ4n) is 4.29. The molecular formula is C16H18N2O3. The summed E-state index contributed by atoms with van der Waals surface area (Å²) in [6.07, 6.45) is 2.62. The highest BCUT2D eigenvalue weighted by Gasteiger charge is 2.46. The molecule has 2 bridgehead atoms. The molecule has 2 fully saturated rings. The fourth-order valence-corrected chi connectivity index (χ4v) is 4.29. The summed E-state index contributed by atoms with van der Waals surface area (Å²) in [5.74, 6) is 0.110. The van der Waals surface area contributed by atoms with Crippen LogP contribution in [0.25, 0.3) is 0 Å². The van der Waals surface area contributed by atoms with Crippen LogP contribution in [0.1, 0.15) is 41.6 Å². The molecule has 1 N–H and O–H groups in total. The first-order valence-electron chi connectivity index (χ1n) is 7.55. The maximum absolute atomic E-state index is 12.5. The lowest BCUT2D eigenvalue weighted by Crippen LogP contribution is -2.52. The van der Waals surface area contributed by atoms with Crippen molar-refractivity contribution in [3.63, 3.8) is 0 Å². The van der Waals surface area contributed by atoms with Crippen LogP contribution in [0.2, 0.25) is 0 Å². The van der Waals surface area contributed by atoms with Crippen molar-refractivity contribution in [3.8, 4) is 0 Å². The van der Waals surface area contributed by atoms with Crippen molar-refractivity contribution >= 4 is 12.0 Å². The third kappa shape index (κ3) is 1.83. The Kier molecular flexibility index (Phi) is 2.71. The molecule has 110 valence electrons. The van der Waals surface area contributed by atoms with Crippen molar-refractivity contribution < 1.29 is 14.7 Å². The number of benzene rings is 1. The number of nitrogens with zero attached hydrogens (tertiary/aromatic N) is 2. The van der Waals surface area contributed by atoms with E-state index in [-0.39, 0.29) is 24.0 Å². The predicted octanol–water partition coefficient (Wildman–Crippen LogP) is 2.32. The molecule has 2 saturated heterocycles. The quantitative estimate of drug-likeness (QED) is 0.861. The Balaban J connectivity index is 1.56. The van der Waals surface area contributed by atoms with Gasteiger partial charge in [-0.1, -0.05) is 18.2 Å². The van der Waals surface area contributed by atoms with Crippen LogP contribution >= 0.6 is 0 Å². The molecule has 4 rings (SSSR count). The zero-order valence-electron chi connectivity index (χ0n) is 11.7. The molecule has 3 aliphatic heterocycles. The minimum Gasteiger partial charge on any atom is -0.465 e. The average molecular weight is 286 g/mol. The maximum atomic E-state index is 12.5. The van der Waals surface area contributed by atoms with E-state index in [1.807, 2.05) is 29.2 Å². The van der Waals surface area contributed by atoms with E-state index in [1.54, 1.807) is 4.90 Å². The minimum atomic E-state index is -0.808. The Morgan fingerprint density at radius 1 is 1.10 bits per heavy atom. The SMILES string of the molecule is O=C1c2ccccc2CN1C1C[C@H]2CC[C@@H](C1)N2C(=O)O. The highest BCUT2D eigenvalue weighted by atomic mass is 16.4. The van der Waals surface area contributed by atoms with E-state index in [0.29, 0.717) is 6.54 Å². The summed E-state index contributed by atoms with van der Waals surface area (Å²) in [6, 6.07) is 8.11. The van der Waals surface area contributed by atoms with Crippen LogP contribution in [0, 0.1) is 0 Å². The number of carbonyl (C=O) groups is 2. The minimum absolute atomic E-state index is 0.0859. The van der Waals surface area contributed by atoms with Crippen molar-refractivity contribution in [1.82, 2.24) is 9.80 Å². The molecule has 21 heavy (non-hydrogen) atoms. The van der Waals surface area contributed by atoms with E-state index >= 15 is 0 Å². The van der Waals surface area contributed by atoms with Gasteiger partial charge in [0, 0.05) is 30.2 Å². The zero-order valence-corrected chi connectivity index (χ0v) is 11.7. The standard InChI is InChI=1S/C16H18N2O3/c19-15-14-4-2-1-3-10(14)9-17(15)13-7-11-5-6-12(8-13)18(11)16(20)21/h1-4,11-13H,5-9H2,(H,20,21)/t11-,12+,13?. The molecule has 3 atom stereocenters. The van der Waals surface area contributed by atoms with Crippen LogP contribution in [-0.4, -0.2) is 45.0 Å². The molecule has 1 aromatic rings. The average Bonchev–Trinajstić information content (AvgIpc) is 2.95. The third-order valence-corrected chi connectivity index (χ3v) is 5.22. The van der Waals surface area contributed by atoms with Gasteiger partial charge in [0.1, 0.15) is 0 Å². The van der Waals surface area contributed by atoms with Gasteiger partial charge in [0.25, 0.3) is 5.91 Å². The normalized spacial score (nSPS) is 30.7. The van der Waals surface area contributed by atoms with E-state index < -0.39 is 6.09 Å². The number of carbonyl (C=O) groups excluding carboxylic acids is 1. The summed E-state index contributed by atoms with van der Waals surface area (Å²) in [7, 11) is 0. The third-order valence-electron chi connectivity index (χ3n) is 5.22.